The zero-order valence-electron chi connectivity index (χ0n) is 22.6. The number of hydrogen-bond donors (Lipinski definition) is 1. The van der Waals surface area contributed by atoms with Crippen LogP contribution in [0.5, 0.6) is 17.2 Å². The number of fused-ring (bicyclic) bond motifs is 1. The fourth-order valence-corrected chi connectivity index (χ4v) is 4.83. The molecule has 4 aromatic rings. The monoisotopic (exact) mass is 501 g/mol. The highest BCUT2D eigenvalue weighted by Crippen LogP contribution is 2.38. The van der Waals surface area contributed by atoms with Gasteiger partial charge in [-0.15, -0.1) is 0 Å². The average molecular weight is 502 g/mol. The van der Waals surface area contributed by atoms with E-state index in [0.29, 0.717) is 34.1 Å². The van der Waals surface area contributed by atoms with Crippen LogP contribution in [-0.2, 0) is 0 Å². The first-order valence-corrected chi connectivity index (χ1v) is 12.3. The standard InChI is InChI=1S/C30H35N3O4/c1-29(2,3)19-30(4,5)32-27-26(31-25-14-10-11-15-33(25)27)23-12-8-9-13-24(23)37-28(34)20-16-21(35-6)18-22(17-20)36-7/h8-18,32H,19H2,1-7H3. The molecule has 37 heavy (non-hydrogen) atoms. The third-order valence-electron chi connectivity index (χ3n) is 5.89. The van der Waals surface area contributed by atoms with Crippen LogP contribution in [0.25, 0.3) is 16.9 Å². The van der Waals surface area contributed by atoms with Crippen LogP contribution < -0.4 is 19.5 Å². The molecule has 0 spiro atoms. The molecule has 0 aliphatic carbocycles. The highest BCUT2D eigenvalue weighted by molar-refractivity contribution is 5.93. The number of pyridine rings is 1. The maximum atomic E-state index is 13.2. The first-order valence-electron chi connectivity index (χ1n) is 12.3. The normalized spacial score (nSPS) is 11.9. The second kappa shape index (κ2) is 10.2. The maximum Gasteiger partial charge on any atom is 0.343 e. The summed E-state index contributed by atoms with van der Waals surface area (Å²) in [4.78, 5) is 18.1. The highest BCUT2D eigenvalue weighted by Gasteiger charge is 2.29. The predicted molar refractivity (Wildman–Crippen MR) is 147 cm³/mol. The molecule has 0 bridgehead atoms. The van der Waals surface area contributed by atoms with E-state index in [9.17, 15) is 4.79 Å². The van der Waals surface area contributed by atoms with Gasteiger partial charge in [0.15, 0.2) is 0 Å². The number of aromatic nitrogens is 2. The summed E-state index contributed by atoms with van der Waals surface area (Å²) in [6, 6.07) is 18.3. The van der Waals surface area contributed by atoms with Crippen LogP contribution in [0.15, 0.2) is 66.9 Å². The smallest absolute Gasteiger partial charge is 0.343 e. The van der Waals surface area contributed by atoms with E-state index < -0.39 is 5.97 Å². The molecule has 0 saturated heterocycles. The molecule has 194 valence electrons. The Hall–Kier alpha value is -4.00. The molecule has 0 unspecified atom stereocenters. The van der Waals surface area contributed by atoms with Crippen LogP contribution in [0, 0.1) is 5.41 Å². The molecule has 0 aliphatic heterocycles. The molecule has 0 amide bonds. The van der Waals surface area contributed by atoms with E-state index in [2.05, 4.69) is 39.9 Å². The van der Waals surface area contributed by atoms with Crippen molar-refractivity contribution in [3.8, 4) is 28.5 Å². The van der Waals surface area contributed by atoms with Crippen LogP contribution in [0.2, 0.25) is 0 Å². The number of hydrogen-bond acceptors (Lipinski definition) is 6. The molecule has 2 heterocycles. The molecule has 0 radical (unpaired) electrons. The molecular formula is C30H35N3O4. The molecule has 1 N–H and O–H groups in total. The molecule has 0 fully saturated rings. The molecular weight excluding hydrogens is 466 g/mol. The Bertz CT molecular complexity index is 1390. The third kappa shape index (κ3) is 6.05. The lowest BCUT2D eigenvalue weighted by Crippen LogP contribution is -2.36. The molecule has 7 heteroatoms. The summed E-state index contributed by atoms with van der Waals surface area (Å²) < 4.78 is 18.6. The van der Waals surface area contributed by atoms with E-state index in [1.165, 1.54) is 14.2 Å². The van der Waals surface area contributed by atoms with Gasteiger partial charge in [-0.05, 0) is 62.1 Å². The number of para-hydroxylation sites is 1. The van der Waals surface area contributed by atoms with Crippen molar-refractivity contribution in [2.75, 3.05) is 19.5 Å². The highest BCUT2D eigenvalue weighted by atomic mass is 16.5. The van der Waals surface area contributed by atoms with E-state index in [1.807, 2.05) is 47.0 Å². The summed E-state index contributed by atoms with van der Waals surface area (Å²) in [5.74, 6) is 1.75. The van der Waals surface area contributed by atoms with Crippen molar-refractivity contribution >= 4 is 17.4 Å². The summed E-state index contributed by atoms with van der Waals surface area (Å²) in [6.45, 7) is 11.1. The Balaban J connectivity index is 1.76. The van der Waals surface area contributed by atoms with E-state index in [-0.39, 0.29) is 11.0 Å². The van der Waals surface area contributed by atoms with Crippen LogP contribution in [0.1, 0.15) is 51.4 Å². The van der Waals surface area contributed by atoms with Crippen LogP contribution in [0.4, 0.5) is 5.82 Å². The van der Waals surface area contributed by atoms with Gasteiger partial charge in [0.05, 0.1) is 19.8 Å². The Labute approximate surface area is 218 Å². The number of anilines is 1. The molecule has 2 aromatic heterocycles. The van der Waals surface area contributed by atoms with Gasteiger partial charge in [0.25, 0.3) is 0 Å². The van der Waals surface area contributed by atoms with Crippen molar-refractivity contribution in [1.82, 2.24) is 9.38 Å². The van der Waals surface area contributed by atoms with Gasteiger partial charge in [-0.25, -0.2) is 9.78 Å². The number of carbonyl (C=O) groups excluding carboxylic acids is 1. The lowest BCUT2D eigenvalue weighted by Gasteiger charge is -2.34. The summed E-state index contributed by atoms with van der Waals surface area (Å²) in [5.41, 5.74) is 2.45. The lowest BCUT2D eigenvalue weighted by atomic mass is 9.82. The fraction of sp³-hybridized carbons (Fsp3) is 0.333. The quantitative estimate of drug-likeness (QED) is 0.210. The predicted octanol–water partition coefficient (Wildman–Crippen LogP) is 6.86. The minimum absolute atomic E-state index is 0.127. The minimum atomic E-state index is -0.518. The minimum Gasteiger partial charge on any atom is -0.497 e. The Kier molecular flexibility index (Phi) is 7.16. The third-order valence-corrected chi connectivity index (χ3v) is 5.89. The lowest BCUT2D eigenvalue weighted by molar-refractivity contribution is 0.0734. The van der Waals surface area contributed by atoms with Crippen molar-refractivity contribution in [1.29, 1.82) is 0 Å². The zero-order chi connectivity index (χ0) is 26.8. The summed E-state index contributed by atoms with van der Waals surface area (Å²) in [7, 11) is 3.08. The van der Waals surface area contributed by atoms with Gasteiger partial charge < -0.3 is 19.5 Å². The first kappa shape index (κ1) is 26.1. The number of methoxy groups -OCH3 is 2. The summed E-state index contributed by atoms with van der Waals surface area (Å²) in [6.07, 6.45) is 2.92. The van der Waals surface area contributed by atoms with Gasteiger partial charge in [0, 0.05) is 23.4 Å². The largest absolute Gasteiger partial charge is 0.497 e. The molecule has 4 rings (SSSR count). The van der Waals surface area contributed by atoms with Gasteiger partial charge in [-0.3, -0.25) is 4.40 Å². The number of carbonyl (C=O) groups is 1. The number of esters is 1. The summed E-state index contributed by atoms with van der Waals surface area (Å²) in [5, 5.41) is 3.73. The number of ether oxygens (including phenoxy) is 3. The van der Waals surface area contributed by atoms with Gasteiger partial charge >= 0.3 is 5.97 Å². The Morgan fingerprint density at radius 1 is 0.919 bits per heavy atom. The van der Waals surface area contributed by atoms with Crippen LogP contribution in [0.3, 0.4) is 0 Å². The second-order valence-corrected chi connectivity index (χ2v) is 11.0. The number of benzene rings is 2. The van der Waals surface area contributed by atoms with Crippen molar-refractivity contribution in [3.63, 3.8) is 0 Å². The second-order valence-electron chi connectivity index (χ2n) is 11.0. The molecule has 0 saturated carbocycles. The molecule has 0 atom stereocenters. The van der Waals surface area contributed by atoms with Gasteiger partial charge in [0.1, 0.15) is 34.4 Å². The molecule has 7 nitrogen and oxygen atoms in total. The van der Waals surface area contributed by atoms with Crippen LogP contribution >= 0.6 is 0 Å². The number of rotatable bonds is 8. The van der Waals surface area contributed by atoms with E-state index in [4.69, 9.17) is 19.2 Å². The van der Waals surface area contributed by atoms with E-state index >= 15 is 0 Å². The van der Waals surface area contributed by atoms with Crippen LogP contribution in [-0.4, -0.2) is 35.1 Å². The fourth-order valence-electron chi connectivity index (χ4n) is 4.83. The summed E-state index contributed by atoms with van der Waals surface area (Å²) >= 11 is 0. The molecule has 2 aromatic carbocycles. The zero-order valence-corrected chi connectivity index (χ0v) is 22.6. The van der Waals surface area contributed by atoms with Gasteiger partial charge in [-0.1, -0.05) is 39.0 Å². The van der Waals surface area contributed by atoms with Crippen molar-refractivity contribution < 1.29 is 19.0 Å². The van der Waals surface area contributed by atoms with Crippen molar-refractivity contribution in [2.24, 2.45) is 5.41 Å². The Morgan fingerprint density at radius 3 is 2.22 bits per heavy atom. The van der Waals surface area contributed by atoms with Crippen molar-refractivity contribution in [2.45, 2.75) is 46.6 Å². The average Bonchev–Trinajstić information content (AvgIpc) is 3.19. The number of nitrogens with zero attached hydrogens (tertiary/aromatic N) is 2. The van der Waals surface area contributed by atoms with E-state index in [0.717, 1.165) is 17.9 Å². The number of nitrogens with one attached hydrogen (secondary N) is 1. The van der Waals surface area contributed by atoms with Gasteiger partial charge in [0.2, 0.25) is 0 Å². The Morgan fingerprint density at radius 2 is 1.57 bits per heavy atom. The maximum absolute atomic E-state index is 13.2. The SMILES string of the molecule is COc1cc(OC)cc(C(=O)Oc2ccccc2-c2nc3ccccn3c2NC(C)(C)CC(C)(C)C)c1. The van der Waals surface area contributed by atoms with E-state index in [1.54, 1.807) is 24.3 Å². The van der Waals surface area contributed by atoms with Gasteiger partial charge in [-0.2, -0.15) is 0 Å². The number of imidazole rings is 1. The first-order chi connectivity index (χ1) is 17.5. The van der Waals surface area contributed by atoms with Crippen molar-refractivity contribution in [3.05, 3.63) is 72.4 Å². The topological polar surface area (TPSA) is 74.1 Å². The molecule has 0 aliphatic rings.